The van der Waals surface area contributed by atoms with Gasteiger partial charge >= 0.3 is 5.97 Å². The van der Waals surface area contributed by atoms with Gasteiger partial charge in [0.05, 0.1) is 18.7 Å². The Morgan fingerprint density at radius 2 is 1.91 bits per heavy atom. The molecule has 0 heterocycles. The summed E-state index contributed by atoms with van der Waals surface area (Å²) in [5.74, 6) is 0.310. The number of ether oxygens (including phenoxy) is 1. The minimum absolute atomic E-state index is 0.0629. The van der Waals surface area contributed by atoms with Crippen LogP contribution in [0.25, 0.3) is 0 Å². The molecule has 5 heteroatoms. The first-order valence-electron chi connectivity index (χ1n) is 7.99. The van der Waals surface area contributed by atoms with Crippen molar-refractivity contribution in [1.82, 2.24) is 5.43 Å². The Labute approximate surface area is 136 Å². The van der Waals surface area contributed by atoms with Gasteiger partial charge in [0.15, 0.2) is 0 Å². The first-order chi connectivity index (χ1) is 11.1. The van der Waals surface area contributed by atoms with Crippen LogP contribution in [0.1, 0.15) is 36.8 Å². The van der Waals surface area contributed by atoms with Crippen LogP contribution in [0.4, 0.5) is 0 Å². The van der Waals surface area contributed by atoms with Crippen molar-refractivity contribution in [2.45, 2.75) is 32.6 Å². The molecule has 122 valence electrons. The molecule has 1 N–H and O–H groups in total. The van der Waals surface area contributed by atoms with E-state index in [2.05, 4.69) is 23.5 Å². The van der Waals surface area contributed by atoms with Gasteiger partial charge in [-0.2, -0.15) is 5.10 Å². The second kappa shape index (κ2) is 6.14. The molecule has 0 atom stereocenters. The van der Waals surface area contributed by atoms with Crippen molar-refractivity contribution in [3.05, 3.63) is 35.4 Å². The maximum atomic E-state index is 11.5. The van der Waals surface area contributed by atoms with Crippen LogP contribution >= 0.6 is 0 Å². The number of aryl methyl sites for hydroxylation is 1. The van der Waals surface area contributed by atoms with Gasteiger partial charge in [-0.1, -0.05) is 24.3 Å². The van der Waals surface area contributed by atoms with Gasteiger partial charge in [0.2, 0.25) is 6.41 Å². The van der Waals surface area contributed by atoms with Crippen molar-refractivity contribution in [2.75, 3.05) is 7.11 Å². The van der Waals surface area contributed by atoms with Crippen LogP contribution in [0.3, 0.4) is 0 Å². The van der Waals surface area contributed by atoms with Gasteiger partial charge in [-0.05, 0) is 43.6 Å². The number of hydrogen-bond donors (Lipinski definition) is 1. The zero-order valence-corrected chi connectivity index (χ0v) is 13.5. The Morgan fingerprint density at radius 1 is 1.26 bits per heavy atom. The number of carbonyl (C=O) groups is 2. The van der Waals surface area contributed by atoms with Crippen molar-refractivity contribution in [3.63, 3.8) is 0 Å². The second-order valence-corrected chi connectivity index (χ2v) is 6.79. The predicted octanol–water partition coefficient (Wildman–Crippen LogP) is 2.42. The van der Waals surface area contributed by atoms with Crippen LogP contribution in [0, 0.1) is 24.2 Å². The summed E-state index contributed by atoms with van der Waals surface area (Å²) < 4.78 is 4.82. The number of amides is 1. The minimum Gasteiger partial charge on any atom is -0.469 e. The first-order valence-corrected chi connectivity index (χ1v) is 7.99. The summed E-state index contributed by atoms with van der Waals surface area (Å²) in [5, 5.41) is 4.30. The van der Waals surface area contributed by atoms with Crippen molar-refractivity contribution in [1.29, 1.82) is 0 Å². The fourth-order valence-electron chi connectivity index (χ4n) is 4.16. The third-order valence-corrected chi connectivity index (χ3v) is 5.30. The molecule has 0 saturated heterocycles. The SMILES string of the molecule is COC(=O)C1CC2(C1)CC(/C(=N/NC=O)c1ccccc1C)C2. The van der Waals surface area contributed by atoms with E-state index in [1.54, 1.807) is 0 Å². The van der Waals surface area contributed by atoms with Crippen LogP contribution in [-0.4, -0.2) is 25.2 Å². The molecule has 2 saturated carbocycles. The number of carbonyl (C=O) groups excluding carboxylic acids is 2. The fraction of sp³-hybridized carbons (Fsp3) is 0.500. The average molecular weight is 314 g/mol. The van der Waals surface area contributed by atoms with E-state index in [1.807, 2.05) is 18.2 Å². The molecule has 23 heavy (non-hydrogen) atoms. The van der Waals surface area contributed by atoms with E-state index in [4.69, 9.17) is 4.74 Å². The number of nitrogens with zero attached hydrogens (tertiary/aromatic N) is 1. The van der Waals surface area contributed by atoms with E-state index < -0.39 is 0 Å². The van der Waals surface area contributed by atoms with Crippen molar-refractivity contribution < 1.29 is 14.3 Å². The lowest BCUT2D eigenvalue weighted by Gasteiger charge is -2.57. The molecule has 5 nitrogen and oxygen atoms in total. The highest BCUT2D eigenvalue weighted by molar-refractivity contribution is 6.04. The second-order valence-electron chi connectivity index (χ2n) is 6.79. The Balaban J connectivity index is 1.69. The summed E-state index contributed by atoms with van der Waals surface area (Å²) in [5.41, 5.74) is 5.92. The molecule has 1 amide bonds. The van der Waals surface area contributed by atoms with Crippen molar-refractivity contribution >= 4 is 18.1 Å². The maximum Gasteiger partial charge on any atom is 0.308 e. The number of rotatable bonds is 5. The van der Waals surface area contributed by atoms with Gasteiger partial charge in [0.25, 0.3) is 0 Å². The number of methoxy groups -OCH3 is 1. The molecule has 1 spiro atoms. The largest absolute Gasteiger partial charge is 0.469 e. The lowest BCUT2D eigenvalue weighted by molar-refractivity contribution is -0.159. The van der Waals surface area contributed by atoms with Crippen LogP contribution in [0.15, 0.2) is 29.4 Å². The van der Waals surface area contributed by atoms with E-state index in [9.17, 15) is 9.59 Å². The standard InChI is InChI=1S/C18H22N2O3/c1-12-5-3-4-6-15(12)16(20-19-11-21)13-7-18(8-13)9-14(10-18)17(22)23-2/h3-6,11,13-14H,7-10H2,1-2H3,(H,19,21)/b20-16-. The van der Waals surface area contributed by atoms with Crippen LogP contribution in [0.5, 0.6) is 0 Å². The molecule has 3 rings (SSSR count). The predicted molar refractivity (Wildman–Crippen MR) is 86.8 cm³/mol. The van der Waals surface area contributed by atoms with Gasteiger partial charge in [0.1, 0.15) is 0 Å². The molecule has 0 bridgehead atoms. The summed E-state index contributed by atoms with van der Waals surface area (Å²) >= 11 is 0. The topological polar surface area (TPSA) is 67.8 Å². The normalized spacial score (nSPS) is 29.4. The fourth-order valence-corrected chi connectivity index (χ4v) is 4.16. The summed E-state index contributed by atoms with van der Waals surface area (Å²) in [4.78, 5) is 22.2. The molecule has 2 fully saturated rings. The summed E-state index contributed by atoms with van der Waals surface area (Å²) in [7, 11) is 1.45. The highest BCUT2D eigenvalue weighted by Gasteiger charge is 2.56. The van der Waals surface area contributed by atoms with Gasteiger partial charge in [0, 0.05) is 11.5 Å². The molecular weight excluding hydrogens is 292 g/mol. The molecular formula is C18H22N2O3. The molecule has 0 unspecified atom stereocenters. The number of esters is 1. The minimum atomic E-state index is -0.0884. The smallest absolute Gasteiger partial charge is 0.308 e. The Morgan fingerprint density at radius 3 is 2.52 bits per heavy atom. The molecule has 2 aliphatic rings. The van der Waals surface area contributed by atoms with E-state index >= 15 is 0 Å². The number of hydrazone groups is 1. The third kappa shape index (κ3) is 2.87. The van der Waals surface area contributed by atoms with Crippen LogP contribution in [0.2, 0.25) is 0 Å². The van der Waals surface area contributed by atoms with E-state index in [1.165, 1.54) is 7.11 Å². The molecule has 2 aliphatic carbocycles. The van der Waals surface area contributed by atoms with Crippen molar-refractivity contribution in [3.8, 4) is 0 Å². The van der Waals surface area contributed by atoms with Gasteiger partial charge in [-0.25, -0.2) is 5.43 Å². The third-order valence-electron chi connectivity index (χ3n) is 5.30. The van der Waals surface area contributed by atoms with Crippen molar-refractivity contribution in [2.24, 2.45) is 22.4 Å². The number of nitrogens with one attached hydrogen (secondary N) is 1. The summed E-state index contributed by atoms with van der Waals surface area (Å²) in [6.07, 6.45) is 4.47. The average Bonchev–Trinajstić information content (AvgIpc) is 2.48. The summed E-state index contributed by atoms with van der Waals surface area (Å²) in [6.45, 7) is 2.05. The maximum absolute atomic E-state index is 11.5. The summed E-state index contributed by atoms with van der Waals surface area (Å²) in [6, 6.07) is 8.09. The van der Waals surface area contributed by atoms with Gasteiger partial charge in [-0.15, -0.1) is 0 Å². The number of hydrogen-bond acceptors (Lipinski definition) is 4. The van der Waals surface area contributed by atoms with E-state index in [0.717, 1.165) is 42.5 Å². The van der Waals surface area contributed by atoms with Crippen LogP contribution < -0.4 is 5.43 Å². The van der Waals surface area contributed by atoms with E-state index in [-0.39, 0.29) is 17.3 Å². The zero-order chi connectivity index (χ0) is 16.4. The lowest BCUT2D eigenvalue weighted by atomic mass is 9.47. The highest BCUT2D eigenvalue weighted by Crippen LogP contribution is 2.62. The van der Waals surface area contributed by atoms with Crippen LogP contribution in [-0.2, 0) is 14.3 Å². The molecule has 1 aromatic carbocycles. The quantitative estimate of drug-likeness (QED) is 0.393. The molecule has 0 aliphatic heterocycles. The molecule has 0 aromatic heterocycles. The molecule has 0 radical (unpaired) electrons. The highest BCUT2D eigenvalue weighted by atomic mass is 16.5. The Bertz CT molecular complexity index is 639. The van der Waals surface area contributed by atoms with Gasteiger partial charge < -0.3 is 4.74 Å². The molecule has 1 aromatic rings. The lowest BCUT2D eigenvalue weighted by Crippen LogP contribution is -2.52. The monoisotopic (exact) mass is 314 g/mol. The first kappa shape index (κ1) is 15.7. The van der Waals surface area contributed by atoms with E-state index in [0.29, 0.717) is 12.3 Å². The number of benzene rings is 1. The Hall–Kier alpha value is -2.17. The Kier molecular flexibility index (Phi) is 4.20. The van der Waals surface area contributed by atoms with Gasteiger partial charge in [-0.3, -0.25) is 9.59 Å². The zero-order valence-electron chi connectivity index (χ0n) is 13.5.